The van der Waals surface area contributed by atoms with Crippen molar-refractivity contribution in [2.24, 2.45) is 10.2 Å². The molecule has 2 amide bonds. The van der Waals surface area contributed by atoms with Crippen LogP contribution < -0.4 is 10.9 Å². The third-order valence-corrected chi connectivity index (χ3v) is 7.56. The lowest BCUT2D eigenvalue weighted by Crippen LogP contribution is -2.23. The van der Waals surface area contributed by atoms with Gasteiger partial charge in [-0.15, -0.1) is 0 Å². The van der Waals surface area contributed by atoms with Gasteiger partial charge in [0, 0.05) is 34.4 Å². The predicted molar refractivity (Wildman–Crippen MR) is 197 cm³/mol. The van der Waals surface area contributed by atoms with Gasteiger partial charge < -0.3 is 0 Å². The first-order chi connectivity index (χ1) is 23.4. The van der Waals surface area contributed by atoms with Crippen LogP contribution in [0.15, 0.2) is 138 Å². The maximum atomic E-state index is 12.9. The largest absolute Gasteiger partial charge is 0.289 e. The molecule has 9 heteroatoms. The molecule has 0 aliphatic heterocycles. The van der Waals surface area contributed by atoms with Crippen LogP contribution in [0.5, 0.6) is 0 Å². The van der Waals surface area contributed by atoms with Crippen LogP contribution in [0.3, 0.4) is 0 Å². The SMILES string of the molecule is CS(C)=O.O=C(N/N=C\c1c2ccccc2cc2ccccc12)c1cccc(C(=O)N/N=C/c2c3ccccc3cc3ccccc23)n1. The fourth-order valence-corrected chi connectivity index (χ4v) is 5.49. The molecule has 2 N–H and O–H groups in total. The molecule has 0 atom stereocenters. The lowest BCUT2D eigenvalue weighted by atomic mass is 9.97. The second kappa shape index (κ2) is 14.6. The second-order valence-electron chi connectivity index (χ2n) is 11.0. The van der Waals surface area contributed by atoms with E-state index in [1.165, 1.54) is 12.1 Å². The molecule has 0 fully saturated rings. The zero-order valence-corrected chi connectivity index (χ0v) is 27.1. The minimum absolute atomic E-state index is 0.0570. The Morgan fingerprint density at radius 2 is 0.854 bits per heavy atom. The van der Waals surface area contributed by atoms with Gasteiger partial charge in [0.15, 0.2) is 0 Å². The number of nitrogens with one attached hydrogen (secondary N) is 2. The monoisotopic (exact) mass is 649 g/mol. The van der Waals surface area contributed by atoms with E-state index in [4.69, 9.17) is 0 Å². The number of hydrogen-bond acceptors (Lipinski definition) is 6. The minimum atomic E-state index is -0.611. The Morgan fingerprint density at radius 3 is 1.19 bits per heavy atom. The molecule has 48 heavy (non-hydrogen) atoms. The third kappa shape index (κ3) is 7.16. The Hall–Kier alpha value is -6.06. The van der Waals surface area contributed by atoms with Gasteiger partial charge in [-0.25, -0.2) is 15.8 Å². The fraction of sp³-hybridized carbons (Fsp3) is 0.0513. The Balaban J connectivity index is 0.000000952. The zero-order chi connectivity index (χ0) is 33.5. The van der Waals surface area contributed by atoms with E-state index in [-0.39, 0.29) is 11.4 Å². The van der Waals surface area contributed by atoms with Crippen LogP contribution in [0.25, 0.3) is 43.1 Å². The van der Waals surface area contributed by atoms with Crippen LogP contribution in [-0.4, -0.2) is 45.9 Å². The molecule has 7 aromatic rings. The third-order valence-electron chi connectivity index (χ3n) is 7.56. The molecule has 236 valence electrons. The van der Waals surface area contributed by atoms with E-state index < -0.39 is 22.6 Å². The molecule has 8 nitrogen and oxygen atoms in total. The van der Waals surface area contributed by atoms with Gasteiger partial charge in [0.1, 0.15) is 11.4 Å². The normalized spacial score (nSPS) is 11.4. The van der Waals surface area contributed by atoms with Crippen molar-refractivity contribution in [1.82, 2.24) is 15.8 Å². The van der Waals surface area contributed by atoms with Gasteiger partial charge in [0.2, 0.25) is 0 Å². The maximum absolute atomic E-state index is 12.9. The molecule has 0 radical (unpaired) electrons. The van der Waals surface area contributed by atoms with Crippen molar-refractivity contribution in [3.63, 3.8) is 0 Å². The number of hydrogen-bond donors (Lipinski definition) is 2. The number of nitrogens with zero attached hydrogens (tertiary/aromatic N) is 3. The van der Waals surface area contributed by atoms with Crippen molar-refractivity contribution in [2.45, 2.75) is 0 Å². The number of amides is 2. The summed E-state index contributed by atoms with van der Waals surface area (Å²) >= 11 is 0. The molecule has 0 bridgehead atoms. The van der Waals surface area contributed by atoms with Gasteiger partial charge in [-0.2, -0.15) is 10.2 Å². The summed E-state index contributed by atoms with van der Waals surface area (Å²) < 4.78 is 9.56. The van der Waals surface area contributed by atoms with E-state index in [1.807, 2.05) is 97.1 Å². The fourth-order valence-electron chi connectivity index (χ4n) is 5.49. The van der Waals surface area contributed by atoms with Gasteiger partial charge in [-0.05, 0) is 67.4 Å². The van der Waals surface area contributed by atoms with Crippen molar-refractivity contribution in [1.29, 1.82) is 0 Å². The summed E-state index contributed by atoms with van der Waals surface area (Å²) in [5.74, 6) is -1.07. The first-order valence-corrected chi connectivity index (χ1v) is 17.1. The van der Waals surface area contributed by atoms with Crippen LogP contribution in [-0.2, 0) is 10.8 Å². The van der Waals surface area contributed by atoms with E-state index in [9.17, 15) is 13.8 Å². The summed E-state index contributed by atoms with van der Waals surface area (Å²) in [6, 6.07) is 41.1. The number of pyridine rings is 1. The number of rotatable bonds is 6. The molecular formula is C39H31N5O3S. The van der Waals surface area contributed by atoms with E-state index in [1.54, 1.807) is 31.0 Å². The summed E-state index contributed by atoms with van der Waals surface area (Å²) in [6.07, 6.45) is 6.57. The number of fused-ring (bicyclic) bond motifs is 4. The minimum Gasteiger partial charge on any atom is -0.266 e. The van der Waals surface area contributed by atoms with Gasteiger partial charge >= 0.3 is 0 Å². The molecule has 0 spiro atoms. The summed E-state index contributed by atoms with van der Waals surface area (Å²) in [5.41, 5.74) is 7.01. The smallest absolute Gasteiger partial charge is 0.266 e. The molecule has 7 rings (SSSR count). The van der Waals surface area contributed by atoms with Crippen molar-refractivity contribution in [3.8, 4) is 0 Å². The van der Waals surface area contributed by atoms with Crippen molar-refractivity contribution in [2.75, 3.05) is 12.5 Å². The molecule has 1 aromatic heterocycles. The average Bonchev–Trinajstić information content (AvgIpc) is 3.10. The summed E-state index contributed by atoms with van der Waals surface area (Å²) in [4.78, 5) is 30.1. The quantitative estimate of drug-likeness (QED) is 0.113. The molecule has 0 aliphatic rings. The highest BCUT2D eigenvalue weighted by molar-refractivity contribution is 7.83. The van der Waals surface area contributed by atoms with Crippen LogP contribution in [0.4, 0.5) is 0 Å². The van der Waals surface area contributed by atoms with Crippen LogP contribution >= 0.6 is 0 Å². The lowest BCUT2D eigenvalue weighted by Gasteiger charge is -2.08. The number of carbonyl (C=O) groups is 2. The molecule has 0 aliphatic carbocycles. The first-order valence-electron chi connectivity index (χ1n) is 15.1. The highest BCUT2D eigenvalue weighted by Crippen LogP contribution is 2.28. The number of carbonyl (C=O) groups excluding carboxylic acids is 2. The van der Waals surface area contributed by atoms with Crippen molar-refractivity contribution in [3.05, 3.63) is 150 Å². The van der Waals surface area contributed by atoms with E-state index in [0.29, 0.717) is 0 Å². The number of hydrazone groups is 2. The van der Waals surface area contributed by atoms with Crippen molar-refractivity contribution < 1.29 is 13.8 Å². The van der Waals surface area contributed by atoms with Gasteiger partial charge in [-0.1, -0.05) is 103 Å². The molecular weight excluding hydrogens is 619 g/mol. The molecule has 0 saturated carbocycles. The van der Waals surface area contributed by atoms with Gasteiger partial charge in [0.05, 0.1) is 12.4 Å². The number of benzene rings is 6. The first kappa shape index (κ1) is 31.9. The Labute approximate surface area is 279 Å². The van der Waals surface area contributed by atoms with E-state index in [0.717, 1.165) is 54.2 Å². The Kier molecular flexibility index (Phi) is 9.69. The van der Waals surface area contributed by atoms with Gasteiger partial charge in [0.25, 0.3) is 11.8 Å². The van der Waals surface area contributed by atoms with Crippen LogP contribution in [0, 0.1) is 0 Å². The standard InChI is InChI=1S/C37H25N5O2.C2H6OS/c43-36(41-38-22-32-28-14-5-1-10-24(28)20-25-11-2-6-15-29(25)32)34-18-9-19-35(40-34)37(44)42-39-23-33-30-16-7-3-12-26(30)21-27-13-4-8-17-31(27)33;1-4(2)3/h1-23H,(H,41,43)(H,42,44);1-2H3/b38-22-,39-23+;. The highest BCUT2D eigenvalue weighted by Gasteiger charge is 2.13. The van der Waals surface area contributed by atoms with E-state index in [2.05, 4.69) is 38.2 Å². The Bertz CT molecular complexity index is 2130. The topological polar surface area (TPSA) is 113 Å². The summed E-state index contributed by atoms with van der Waals surface area (Å²) in [7, 11) is -0.611. The lowest BCUT2D eigenvalue weighted by molar-refractivity contribution is 0.0945. The number of aromatic nitrogens is 1. The molecule has 0 saturated heterocycles. The Morgan fingerprint density at radius 1 is 0.542 bits per heavy atom. The zero-order valence-electron chi connectivity index (χ0n) is 26.3. The van der Waals surface area contributed by atoms with Crippen molar-refractivity contribution >= 4 is 78.1 Å². The van der Waals surface area contributed by atoms with Crippen LogP contribution in [0.2, 0.25) is 0 Å². The predicted octanol–water partition coefficient (Wildman–Crippen LogP) is 7.22. The average molecular weight is 650 g/mol. The van der Waals surface area contributed by atoms with E-state index >= 15 is 0 Å². The molecule has 6 aromatic carbocycles. The summed E-state index contributed by atoms with van der Waals surface area (Å²) in [5, 5.41) is 16.9. The second-order valence-corrected chi connectivity index (χ2v) is 12.5. The molecule has 1 heterocycles. The van der Waals surface area contributed by atoms with Crippen LogP contribution in [0.1, 0.15) is 32.1 Å². The van der Waals surface area contributed by atoms with Gasteiger partial charge in [-0.3, -0.25) is 13.8 Å². The maximum Gasteiger partial charge on any atom is 0.289 e. The summed E-state index contributed by atoms with van der Waals surface area (Å²) in [6.45, 7) is 0. The molecule has 0 unspecified atom stereocenters. The highest BCUT2D eigenvalue weighted by atomic mass is 32.2.